The summed E-state index contributed by atoms with van der Waals surface area (Å²) < 4.78 is 23.9. The normalized spacial score (nSPS) is 25.1. The lowest BCUT2D eigenvalue weighted by Gasteiger charge is -2.39. The zero-order valence-corrected chi connectivity index (χ0v) is 23.9. The zero-order valence-electron chi connectivity index (χ0n) is 22.4. The van der Waals surface area contributed by atoms with Crippen LogP contribution in [-0.4, -0.2) is 61.4 Å². The fourth-order valence-electron chi connectivity index (χ4n) is 6.59. The highest BCUT2D eigenvalue weighted by Gasteiger charge is 2.64. The average Bonchev–Trinajstić information content (AvgIpc) is 3.65. The number of nitrogens with zero attached hydrogens (tertiary/aromatic N) is 4. The van der Waals surface area contributed by atoms with Crippen molar-refractivity contribution in [2.75, 3.05) is 18.5 Å². The van der Waals surface area contributed by atoms with Crippen molar-refractivity contribution in [3.8, 4) is 5.88 Å². The molecule has 1 amide bonds. The number of halogens is 3. The van der Waals surface area contributed by atoms with E-state index in [1.807, 2.05) is 6.92 Å². The number of amides is 1. The molecule has 3 aliphatic rings. The lowest BCUT2D eigenvalue weighted by Crippen LogP contribution is -2.57. The van der Waals surface area contributed by atoms with E-state index in [2.05, 4.69) is 15.2 Å². The number of benzene rings is 2. The fraction of sp³-hybridized carbons (Fsp3) is 0.333. The number of rotatable bonds is 6. The highest BCUT2D eigenvalue weighted by atomic mass is 35.5. The number of fused-ring (bicyclic) bond motifs is 5. The van der Waals surface area contributed by atoms with Gasteiger partial charge in [-0.25, -0.2) is 18.9 Å². The molecule has 1 saturated heterocycles. The van der Waals surface area contributed by atoms with Crippen molar-refractivity contribution in [1.29, 1.82) is 0 Å². The van der Waals surface area contributed by atoms with Crippen LogP contribution in [-0.2, 0) is 4.79 Å². The molecule has 2 N–H and O–H groups in total. The number of carbonyl (C=O) groups excluding carboxylic acids is 1. The molecule has 42 heavy (non-hydrogen) atoms. The van der Waals surface area contributed by atoms with Gasteiger partial charge < -0.3 is 15.2 Å². The van der Waals surface area contributed by atoms with Crippen molar-refractivity contribution < 1.29 is 23.8 Å². The van der Waals surface area contributed by atoms with Crippen molar-refractivity contribution in [2.45, 2.75) is 43.3 Å². The van der Waals surface area contributed by atoms with Gasteiger partial charge in [0.2, 0.25) is 11.8 Å². The number of hydrogen-bond donors (Lipinski definition) is 2. The molecule has 4 atom stereocenters. The third-order valence-electron chi connectivity index (χ3n) is 8.78. The summed E-state index contributed by atoms with van der Waals surface area (Å²) in [6, 6.07) is 12.3. The molecule has 2 fully saturated rings. The Kier molecular flexibility index (Phi) is 6.41. The maximum absolute atomic E-state index is 16.0. The summed E-state index contributed by atoms with van der Waals surface area (Å²) in [7, 11) is 0. The van der Waals surface area contributed by atoms with E-state index in [9.17, 15) is 14.7 Å². The van der Waals surface area contributed by atoms with Gasteiger partial charge >= 0.3 is 5.97 Å². The van der Waals surface area contributed by atoms with Crippen LogP contribution in [0, 0.1) is 11.7 Å². The Balaban J connectivity index is 1.43. The molecular weight excluding hydrogens is 584 g/mol. The molecular formula is C30H26Cl2FN5O4. The van der Waals surface area contributed by atoms with Gasteiger partial charge in [0.25, 0.3) is 0 Å². The van der Waals surface area contributed by atoms with Gasteiger partial charge in [-0.05, 0) is 61.6 Å². The third-order valence-corrected chi connectivity index (χ3v) is 9.30. The Morgan fingerprint density at radius 1 is 1.19 bits per heavy atom. The number of hydrogen-bond acceptors (Lipinski definition) is 6. The predicted octanol–water partition coefficient (Wildman–Crippen LogP) is 5.78. The van der Waals surface area contributed by atoms with Crippen molar-refractivity contribution in [3.63, 3.8) is 0 Å². The van der Waals surface area contributed by atoms with Gasteiger partial charge in [-0.2, -0.15) is 0 Å². The lowest BCUT2D eigenvalue weighted by atomic mass is 9.77. The highest BCUT2D eigenvalue weighted by molar-refractivity contribution is 6.31. The molecule has 1 saturated carbocycles. The number of anilines is 1. The summed E-state index contributed by atoms with van der Waals surface area (Å²) in [5, 5.41) is 18.2. The lowest BCUT2D eigenvalue weighted by molar-refractivity contribution is -0.127. The summed E-state index contributed by atoms with van der Waals surface area (Å²) in [6.07, 6.45) is 3.32. The smallest absolute Gasteiger partial charge is 0.337 e. The molecule has 9 nitrogen and oxygen atoms in total. The van der Waals surface area contributed by atoms with Crippen molar-refractivity contribution >= 4 is 51.8 Å². The van der Waals surface area contributed by atoms with E-state index in [1.165, 1.54) is 18.3 Å². The first-order valence-corrected chi connectivity index (χ1v) is 14.4. The Morgan fingerprint density at radius 2 is 1.98 bits per heavy atom. The van der Waals surface area contributed by atoms with Crippen LogP contribution in [0.2, 0.25) is 10.0 Å². The second-order valence-electron chi connectivity index (χ2n) is 11.3. The van der Waals surface area contributed by atoms with Crippen LogP contribution in [0.3, 0.4) is 0 Å². The largest absolute Gasteiger partial charge is 0.478 e. The third kappa shape index (κ3) is 4.23. The van der Waals surface area contributed by atoms with Gasteiger partial charge in [-0.1, -0.05) is 41.4 Å². The van der Waals surface area contributed by atoms with Gasteiger partial charge in [0.05, 0.1) is 28.1 Å². The van der Waals surface area contributed by atoms with Crippen LogP contribution >= 0.6 is 23.2 Å². The summed E-state index contributed by atoms with van der Waals surface area (Å²) >= 11 is 12.5. The molecule has 4 aromatic rings. The van der Waals surface area contributed by atoms with Gasteiger partial charge in [0.15, 0.2) is 5.65 Å². The Bertz CT molecular complexity index is 1760. The Hall–Kier alpha value is -3.73. The minimum Gasteiger partial charge on any atom is -0.478 e. The minimum absolute atomic E-state index is 0.00558. The van der Waals surface area contributed by atoms with E-state index < -0.39 is 29.3 Å². The molecule has 12 heteroatoms. The molecule has 1 aliphatic carbocycles. The molecule has 2 aliphatic heterocycles. The molecule has 0 spiro atoms. The quantitative estimate of drug-likeness (QED) is 0.285. The summed E-state index contributed by atoms with van der Waals surface area (Å²) in [5.41, 5.74) is -0.173. The van der Waals surface area contributed by atoms with Crippen molar-refractivity contribution in [3.05, 3.63) is 81.7 Å². The molecule has 0 unspecified atom stereocenters. The number of aromatic carboxylic acids is 1. The Labute approximate surface area is 250 Å². The van der Waals surface area contributed by atoms with Crippen LogP contribution < -0.4 is 10.1 Å². The number of nitrogens with one attached hydrogen (secondary N) is 1. The summed E-state index contributed by atoms with van der Waals surface area (Å²) in [4.78, 5) is 32.6. The van der Waals surface area contributed by atoms with E-state index in [0.29, 0.717) is 40.1 Å². The first kappa shape index (κ1) is 27.1. The number of carboxylic acid groups (broad SMARTS) is 1. The number of carboxylic acids is 1. The Morgan fingerprint density at radius 3 is 2.71 bits per heavy atom. The van der Waals surface area contributed by atoms with E-state index >= 15 is 4.39 Å². The van der Waals surface area contributed by atoms with Gasteiger partial charge in [0, 0.05) is 29.4 Å². The second-order valence-corrected chi connectivity index (χ2v) is 12.2. The minimum atomic E-state index is -1.27. The molecule has 2 aromatic carbocycles. The maximum atomic E-state index is 16.0. The number of aromatic nitrogens is 3. The van der Waals surface area contributed by atoms with E-state index in [-0.39, 0.29) is 34.7 Å². The fourth-order valence-corrected chi connectivity index (χ4v) is 6.97. The van der Waals surface area contributed by atoms with E-state index in [0.717, 1.165) is 12.8 Å². The predicted molar refractivity (Wildman–Crippen MR) is 155 cm³/mol. The van der Waals surface area contributed by atoms with Crippen LogP contribution in [0.25, 0.3) is 11.0 Å². The first-order chi connectivity index (χ1) is 20.2. The van der Waals surface area contributed by atoms with Gasteiger partial charge in [-0.15, -0.1) is 5.10 Å². The highest BCUT2D eigenvalue weighted by Crippen LogP contribution is 2.56. The number of likely N-dealkylation sites (tertiary alicyclic amines) is 1. The monoisotopic (exact) mass is 609 g/mol. The van der Waals surface area contributed by atoms with Gasteiger partial charge in [0.1, 0.15) is 18.0 Å². The molecule has 2 aromatic heterocycles. The van der Waals surface area contributed by atoms with Crippen LogP contribution in [0.15, 0.2) is 54.7 Å². The maximum Gasteiger partial charge on any atom is 0.337 e. The molecule has 216 valence electrons. The molecule has 7 rings (SSSR count). The number of pyridine rings is 1. The van der Waals surface area contributed by atoms with Crippen LogP contribution in [0.5, 0.6) is 5.88 Å². The summed E-state index contributed by atoms with van der Waals surface area (Å²) in [5.74, 6) is -2.08. The first-order valence-electron chi connectivity index (χ1n) is 13.7. The van der Waals surface area contributed by atoms with E-state index in [4.69, 9.17) is 33.0 Å². The van der Waals surface area contributed by atoms with Crippen LogP contribution in [0.1, 0.15) is 47.6 Å². The number of carbonyl (C=O) groups is 2. The molecule has 4 heterocycles. The summed E-state index contributed by atoms with van der Waals surface area (Å²) in [6.45, 7) is 2.64. The van der Waals surface area contributed by atoms with Crippen molar-refractivity contribution in [1.82, 2.24) is 19.7 Å². The van der Waals surface area contributed by atoms with E-state index in [1.54, 1.807) is 41.1 Å². The van der Waals surface area contributed by atoms with Crippen LogP contribution in [0.4, 0.5) is 10.1 Å². The second kappa shape index (κ2) is 9.93. The number of ether oxygens (including phenoxy) is 1. The molecule has 0 radical (unpaired) electrons. The SMILES string of the molecule is C[C@]1(C(=O)Nc2cccc(Cl)c2)[C@@H](c2cccc(Cl)c2F)[C@H]2[C@H](COc3c4cc(C(=O)O)cnc4nn32)N1CC1CC1. The van der Waals surface area contributed by atoms with Crippen molar-refractivity contribution in [2.24, 2.45) is 5.92 Å². The average molecular weight is 610 g/mol. The zero-order chi connectivity index (χ0) is 29.3. The van der Waals surface area contributed by atoms with Gasteiger partial charge in [-0.3, -0.25) is 9.69 Å². The topological polar surface area (TPSA) is 110 Å². The standard InChI is InChI=1S/C30H26Cl2FN5O4/c1-30(29(41)35-18-5-2-4-17(31)11-18)23(19-6-3-7-21(32)24(19)33)25-22(37(30)13-15-8-9-15)14-42-27-20-10-16(28(39)40)12-34-26(20)36-38(25)27/h2-7,10-12,15,22-23,25H,8-9,13-14H2,1H3,(H,35,41)(H,39,40)/t22-,23-,25+,30+/m0/s1. The molecule has 0 bridgehead atoms.